The molecule has 0 saturated heterocycles. The maximum Gasteiger partial charge on any atom is 0.148 e. The molecule has 2 nitrogen and oxygen atoms in total. The largest absolute Gasteiger partial charge is 0.487 e. The van der Waals surface area contributed by atoms with Crippen LogP contribution in [0.4, 0.5) is 4.39 Å². The highest BCUT2D eigenvalue weighted by molar-refractivity contribution is 9.11. The van der Waals surface area contributed by atoms with Gasteiger partial charge in [-0.2, -0.15) is 5.26 Å². The van der Waals surface area contributed by atoms with E-state index < -0.39 is 0 Å². The molecule has 0 fully saturated rings. The smallest absolute Gasteiger partial charge is 0.148 e. The number of ether oxygens (including phenoxy) is 1. The third-order valence-electron chi connectivity index (χ3n) is 4.78. The van der Waals surface area contributed by atoms with Crippen LogP contribution in [0, 0.1) is 17.1 Å². The molecule has 0 aliphatic carbocycles. The quantitative estimate of drug-likeness (QED) is 0.190. The molecule has 5 heteroatoms. The summed E-state index contributed by atoms with van der Waals surface area (Å²) in [5.41, 5.74) is 2.77. The number of hydrogen-bond acceptors (Lipinski definition) is 2. The number of benzene rings is 4. The summed E-state index contributed by atoms with van der Waals surface area (Å²) < 4.78 is 21.1. The first kappa shape index (κ1) is 21.3. The molecule has 0 spiro atoms. The molecule has 0 atom stereocenters. The van der Waals surface area contributed by atoms with Crippen molar-refractivity contribution in [2.45, 2.75) is 6.61 Å². The topological polar surface area (TPSA) is 33.0 Å². The van der Waals surface area contributed by atoms with Gasteiger partial charge >= 0.3 is 0 Å². The molecule has 0 aromatic heterocycles. The predicted molar refractivity (Wildman–Crippen MR) is 130 cm³/mol. The van der Waals surface area contributed by atoms with E-state index in [1.54, 1.807) is 18.2 Å². The Hall–Kier alpha value is -2.94. The van der Waals surface area contributed by atoms with Crippen molar-refractivity contribution in [3.8, 4) is 11.8 Å². The number of fused-ring (bicyclic) bond motifs is 1. The lowest BCUT2D eigenvalue weighted by atomic mass is 10.0. The maximum absolute atomic E-state index is 13.5. The summed E-state index contributed by atoms with van der Waals surface area (Å²) in [7, 11) is 0. The van der Waals surface area contributed by atoms with Crippen LogP contribution in [0.2, 0.25) is 0 Å². The minimum Gasteiger partial charge on any atom is -0.487 e. The summed E-state index contributed by atoms with van der Waals surface area (Å²) in [5, 5.41) is 11.9. The molecule has 0 amide bonds. The third-order valence-corrected chi connectivity index (χ3v) is 5.96. The number of hydrogen-bond donors (Lipinski definition) is 0. The van der Waals surface area contributed by atoms with Gasteiger partial charge < -0.3 is 4.74 Å². The Morgan fingerprint density at radius 2 is 1.65 bits per heavy atom. The number of rotatable bonds is 5. The van der Waals surface area contributed by atoms with Crippen LogP contribution in [0.15, 0.2) is 87.8 Å². The van der Waals surface area contributed by atoms with Crippen LogP contribution in [0.5, 0.6) is 5.75 Å². The van der Waals surface area contributed by atoms with E-state index in [1.165, 1.54) is 22.9 Å². The highest BCUT2D eigenvalue weighted by Crippen LogP contribution is 2.36. The average Bonchev–Trinajstić information content (AvgIpc) is 2.76. The van der Waals surface area contributed by atoms with Gasteiger partial charge in [0.1, 0.15) is 18.2 Å². The summed E-state index contributed by atoms with van der Waals surface area (Å²) in [4.78, 5) is 0. The van der Waals surface area contributed by atoms with Gasteiger partial charge in [-0.25, -0.2) is 4.39 Å². The van der Waals surface area contributed by atoms with Crippen molar-refractivity contribution >= 4 is 54.3 Å². The van der Waals surface area contributed by atoms with E-state index in [2.05, 4.69) is 68.3 Å². The second-order valence-electron chi connectivity index (χ2n) is 6.96. The van der Waals surface area contributed by atoms with Crippen molar-refractivity contribution in [2.24, 2.45) is 0 Å². The van der Waals surface area contributed by atoms with E-state index in [0.717, 1.165) is 20.1 Å². The molecule has 152 valence electrons. The number of nitrogens with zero attached hydrogens (tertiary/aromatic N) is 1. The number of halogens is 3. The van der Waals surface area contributed by atoms with Crippen LogP contribution in [0.1, 0.15) is 16.7 Å². The van der Waals surface area contributed by atoms with Crippen LogP contribution in [0.25, 0.3) is 22.4 Å². The Morgan fingerprint density at radius 3 is 2.35 bits per heavy atom. The van der Waals surface area contributed by atoms with Gasteiger partial charge in [-0.15, -0.1) is 0 Å². The molecular formula is C26H16Br2FNO. The van der Waals surface area contributed by atoms with Crippen LogP contribution < -0.4 is 4.74 Å². The van der Waals surface area contributed by atoms with Crippen molar-refractivity contribution in [3.63, 3.8) is 0 Å². The molecule has 0 bridgehead atoms. The van der Waals surface area contributed by atoms with Gasteiger partial charge in [0.2, 0.25) is 0 Å². The van der Waals surface area contributed by atoms with Gasteiger partial charge in [-0.1, -0.05) is 48.5 Å². The lowest BCUT2D eigenvalue weighted by Crippen LogP contribution is -1.97. The zero-order valence-electron chi connectivity index (χ0n) is 16.3. The minimum atomic E-state index is -0.376. The first-order valence-corrected chi connectivity index (χ1v) is 11.1. The van der Waals surface area contributed by atoms with Gasteiger partial charge in [0.05, 0.1) is 20.6 Å². The van der Waals surface area contributed by atoms with Crippen LogP contribution in [-0.2, 0) is 6.61 Å². The van der Waals surface area contributed by atoms with Crippen molar-refractivity contribution < 1.29 is 9.13 Å². The van der Waals surface area contributed by atoms with Gasteiger partial charge in [-0.3, -0.25) is 0 Å². The second-order valence-corrected chi connectivity index (χ2v) is 8.67. The molecule has 0 aliphatic heterocycles. The summed E-state index contributed by atoms with van der Waals surface area (Å²) in [6.07, 6.45) is 1.72. The molecule has 4 aromatic rings. The number of allylic oxidation sites excluding steroid dienone is 1. The summed E-state index contributed by atoms with van der Waals surface area (Å²) in [5.74, 6) is 0.299. The highest BCUT2D eigenvalue weighted by Gasteiger charge is 2.11. The molecule has 31 heavy (non-hydrogen) atoms. The fraction of sp³-hybridized carbons (Fsp3) is 0.0385. The van der Waals surface area contributed by atoms with E-state index in [1.807, 2.05) is 24.3 Å². The molecule has 0 unspecified atom stereocenters. The Bertz CT molecular complexity index is 1320. The fourth-order valence-corrected chi connectivity index (χ4v) is 4.74. The second kappa shape index (κ2) is 9.47. The lowest BCUT2D eigenvalue weighted by Gasteiger charge is -2.12. The van der Waals surface area contributed by atoms with Crippen LogP contribution in [0.3, 0.4) is 0 Å². The number of nitriles is 1. The minimum absolute atomic E-state index is 0.376. The van der Waals surface area contributed by atoms with Gasteiger partial charge in [0.25, 0.3) is 0 Å². The van der Waals surface area contributed by atoms with E-state index in [9.17, 15) is 9.65 Å². The van der Waals surface area contributed by atoms with E-state index in [0.29, 0.717) is 23.5 Å². The Morgan fingerprint density at radius 1 is 0.903 bits per heavy atom. The molecule has 0 N–H and O–H groups in total. The van der Waals surface area contributed by atoms with Gasteiger partial charge in [0, 0.05) is 0 Å². The molecule has 4 aromatic carbocycles. The molecular weight excluding hydrogens is 521 g/mol. The molecule has 4 rings (SSSR count). The fourth-order valence-electron chi connectivity index (χ4n) is 3.29. The lowest BCUT2D eigenvalue weighted by molar-refractivity contribution is 0.302. The van der Waals surface area contributed by atoms with E-state index in [4.69, 9.17) is 4.74 Å². The first-order valence-electron chi connectivity index (χ1n) is 9.51. The van der Waals surface area contributed by atoms with Crippen molar-refractivity contribution in [1.29, 1.82) is 5.26 Å². The van der Waals surface area contributed by atoms with Crippen molar-refractivity contribution in [3.05, 3.63) is 110 Å². The predicted octanol–water partition coefficient (Wildman–Crippen LogP) is 8.15. The van der Waals surface area contributed by atoms with Crippen molar-refractivity contribution in [2.75, 3.05) is 0 Å². The Kier molecular flexibility index (Phi) is 6.50. The summed E-state index contributed by atoms with van der Waals surface area (Å²) in [6, 6.07) is 26.4. The zero-order chi connectivity index (χ0) is 21.8. The van der Waals surface area contributed by atoms with Crippen LogP contribution in [-0.4, -0.2) is 0 Å². The standard InChI is InChI=1S/C26H16Br2FNO/c27-24-12-18(11-22(15-30)21-6-3-7-23(29)14-21)13-25(28)26(24)31-16-17-8-9-19-4-1-2-5-20(19)10-17/h1-14H,16H2/b22-11-. The van der Waals surface area contributed by atoms with Crippen LogP contribution >= 0.6 is 31.9 Å². The highest BCUT2D eigenvalue weighted by atomic mass is 79.9. The zero-order valence-corrected chi connectivity index (χ0v) is 19.5. The molecule has 0 aliphatic rings. The van der Waals surface area contributed by atoms with E-state index >= 15 is 0 Å². The summed E-state index contributed by atoms with van der Waals surface area (Å²) >= 11 is 7.13. The monoisotopic (exact) mass is 535 g/mol. The average molecular weight is 537 g/mol. The maximum atomic E-state index is 13.5. The SMILES string of the molecule is N#C/C(=C/c1cc(Br)c(OCc2ccc3ccccc3c2)c(Br)c1)c1cccc(F)c1. The van der Waals surface area contributed by atoms with Crippen molar-refractivity contribution in [1.82, 2.24) is 0 Å². The van der Waals surface area contributed by atoms with Gasteiger partial charge in [0.15, 0.2) is 0 Å². The molecule has 0 radical (unpaired) electrons. The van der Waals surface area contributed by atoms with Gasteiger partial charge in [-0.05, 0) is 95.7 Å². The van der Waals surface area contributed by atoms with E-state index in [-0.39, 0.29) is 5.82 Å². The first-order chi connectivity index (χ1) is 15.0. The molecule has 0 saturated carbocycles. The summed E-state index contributed by atoms with van der Waals surface area (Å²) in [6.45, 7) is 0.421. The molecule has 0 heterocycles. The Balaban J connectivity index is 1.57. The third kappa shape index (κ3) is 5.04. The Labute approximate surface area is 196 Å². The normalized spacial score (nSPS) is 11.4.